The van der Waals surface area contributed by atoms with E-state index >= 15 is 0 Å². The molecule has 0 amide bonds. The smallest absolute Gasteiger partial charge is 0.250 e. The predicted octanol–water partition coefficient (Wildman–Crippen LogP) is 0.689. The number of hydrogen-bond donors (Lipinski definition) is 2. The Morgan fingerprint density at radius 3 is 2.75 bits per heavy atom. The highest BCUT2D eigenvalue weighted by molar-refractivity contribution is 7.91. The minimum atomic E-state index is -3.49. The van der Waals surface area contributed by atoms with Crippen molar-refractivity contribution >= 4 is 33.0 Å². The average Bonchev–Trinajstić information content (AvgIpc) is 2.65. The third-order valence-electron chi connectivity index (χ3n) is 1.59. The average molecular weight is 286 g/mol. The number of halogens is 1. The molecule has 5 nitrogen and oxygen atoms in total. The second-order valence-electron chi connectivity index (χ2n) is 2.79. The van der Waals surface area contributed by atoms with Gasteiger partial charge in [0.25, 0.3) is 0 Å². The van der Waals surface area contributed by atoms with Crippen LogP contribution < -0.4 is 4.72 Å². The van der Waals surface area contributed by atoms with Crippen molar-refractivity contribution in [2.24, 2.45) is 0 Å². The molecule has 0 aliphatic rings. The monoisotopic (exact) mass is 285 g/mol. The maximum atomic E-state index is 11.6. The summed E-state index contributed by atoms with van der Waals surface area (Å²) < 4.78 is 31.1. The highest BCUT2D eigenvalue weighted by atomic mass is 35.5. The first-order chi connectivity index (χ1) is 7.56. The normalized spacial score (nSPS) is 11.9. The zero-order valence-electron chi connectivity index (χ0n) is 8.35. The first-order valence-electron chi connectivity index (χ1n) is 4.50. The molecule has 1 aromatic rings. The van der Waals surface area contributed by atoms with Gasteiger partial charge >= 0.3 is 0 Å². The van der Waals surface area contributed by atoms with E-state index < -0.39 is 10.0 Å². The number of aliphatic hydroxyl groups excluding tert-OH is 1. The highest BCUT2D eigenvalue weighted by Gasteiger charge is 2.15. The molecule has 0 aliphatic heterocycles. The SMILES string of the molecule is O=S(=O)(NCCOCCO)c1ccc(Cl)s1. The van der Waals surface area contributed by atoms with Gasteiger partial charge in [0.2, 0.25) is 10.0 Å². The largest absolute Gasteiger partial charge is 0.394 e. The van der Waals surface area contributed by atoms with Crippen LogP contribution in [0.2, 0.25) is 4.34 Å². The number of aliphatic hydroxyl groups is 1. The lowest BCUT2D eigenvalue weighted by Crippen LogP contribution is -2.27. The maximum Gasteiger partial charge on any atom is 0.250 e. The lowest BCUT2D eigenvalue weighted by Gasteiger charge is -2.04. The topological polar surface area (TPSA) is 75.6 Å². The fourth-order valence-corrected chi connectivity index (χ4v) is 3.47. The zero-order chi connectivity index (χ0) is 12.0. The van der Waals surface area contributed by atoms with Crippen LogP contribution >= 0.6 is 22.9 Å². The predicted molar refractivity (Wildman–Crippen MR) is 62.4 cm³/mol. The second-order valence-corrected chi connectivity index (χ2v) is 6.50. The fraction of sp³-hybridized carbons (Fsp3) is 0.500. The molecule has 16 heavy (non-hydrogen) atoms. The van der Waals surface area contributed by atoms with E-state index in [-0.39, 0.29) is 30.6 Å². The van der Waals surface area contributed by atoms with Crippen LogP contribution in [-0.2, 0) is 14.8 Å². The van der Waals surface area contributed by atoms with E-state index in [0.717, 1.165) is 11.3 Å². The van der Waals surface area contributed by atoms with Gasteiger partial charge in [0.15, 0.2) is 0 Å². The van der Waals surface area contributed by atoms with Crippen molar-refractivity contribution in [3.8, 4) is 0 Å². The number of thiophene rings is 1. The number of sulfonamides is 1. The molecule has 0 bridgehead atoms. The summed E-state index contributed by atoms with van der Waals surface area (Å²) in [7, 11) is -3.49. The Bertz CT molecular complexity index is 417. The Kier molecular flexibility index (Phi) is 5.67. The minimum Gasteiger partial charge on any atom is -0.394 e. The Hall–Kier alpha value is -0.180. The maximum absolute atomic E-state index is 11.6. The molecular formula is C8H12ClNO4S2. The van der Waals surface area contributed by atoms with Crippen molar-refractivity contribution in [3.63, 3.8) is 0 Å². The summed E-state index contributed by atoms with van der Waals surface area (Å²) >= 11 is 6.64. The molecule has 0 fully saturated rings. The minimum absolute atomic E-state index is 0.0761. The van der Waals surface area contributed by atoms with E-state index in [1.54, 1.807) is 0 Å². The van der Waals surface area contributed by atoms with Gasteiger partial charge in [-0.1, -0.05) is 11.6 Å². The third kappa shape index (κ3) is 4.36. The van der Waals surface area contributed by atoms with Gasteiger partial charge in [0.05, 0.1) is 24.2 Å². The van der Waals surface area contributed by atoms with Crippen LogP contribution in [0.5, 0.6) is 0 Å². The molecule has 1 aromatic heterocycles. The number of nitrogens with one attached hydrogen (secondary N) is 1. The van der Waals surface area contributed by atoms with Crippen LogP contribution in [0.15, 0.2) is 16.3 Å². The van der Waals surface area contributed by atoms with Gasteiger partial charge in [-0.3, -0.25) is 0 Å². The van der Waals surface area contributed by atoms with Gasteiger partial charge in [-0.2, -0.15) is 0 Å². The first kappa shape index (κ1) is 13.9. The molecule has 8 heteroatoms. The zero-order valence-corrected chi connectivity index (χ0v) is 10.7. The van der Waals surface area contributed by atoms with Crippen LogP contribution in [0.4, 0.5) is 0 Å². The summed E-state index contributed by atoms with van der Waals surface area (Å²) in [4.78, 5) is 0. The Morgan fingerprint density at radius 2 is 2.19 bits per heavy atom. The lowest BCUT2D eigenvalue weighted by molar-refractivity contribution is 0.0961. The van der Waals surface area contributed by atoms with Crippen LogP contribution in [0.25, 0.3) is 0 Å². The summed E-state index contributed by atoms with van der Waals surface area (Å²) in [5, 5.41) is 8.43. The van der Waals surface area contributed by atoms with E-state index in [2.05, 4.69) is 4.72 Å². The number of hydrogen-bond acceptors (Lipinski definition) is 5. The standard InChI is InChI=1S/C8H12ClNO4S2/c9-7-1-2-8(15-7)16(12,13)10-3-5-14-6-4-11/h1-2,10-11H,3-6H2. The number of ether oxygens (including phenoxy) is 1. The molecule has 1 rings (SSSR count). The van der Waals surface area contributed by atoms with Gasteiger partial charge in [-0.05, 0) is 12.1 Å². The molecule has 0 saturated heterocycles. The molecule has 0 saturated carbocycles. The molecule has 0 radical (unpaired) electrons. The quantitative estimate of drug-likeness (QED) is 0.723. The van der Waals surface area contributed by atoms with E-state index in [1.807, 2.05) is 0 Å². The van der Waals surface area contributed by atoms with Crippen LogP contribution in [0.3, 0.4) is 0 Å². The molecule has 0 spiro atoms. The van der Waals surface area contributed by atoms with E-state index in [4.69, 9.17) is 21.4 Å². The van der Waals surface area contributed by atoms with Crippen molar-refractivity contribution in [1.82, 2.24) is 4.72 Å². The summed E-state index contributed by atoms with van der Waals surface area (Å²) in [6.07, 6.45) is 0. The summed E-state index contributed by atoms with van der Waals surface area (Å²) in [6, 6.07) is 2.98. The summed E-state index contributed by atoms with van der Waals surface area (Å²) in [5.41, 5.74) is 0. The Balaban J connectivity index is 2.41. The Morgan fingerprint density at radius 1 is 1.44 bits per heavy atom. The molecule has 1 heterocycles. The second kappa shape index (κ2) is 6.53. The fourth-order valence-electron chi connectivity index (χ4n) is 0.928. The van der Waals surface area contributed by atoms with E-state index in [0.29, 0.717) is 4.34 Å². The van der Waals surface area contributed by atoms with Crippen molar-refractivity contribution in [2.75, 3.05) is 26.4 Å². The summed E-state index contributed by atoms with van der Waals surface area (Å²) in [6.45, 7) is 0.511. The Labute approximate surface area is 103 Å². The molecule has 0 aliphatic carbocycles. The van der Waals surface area contributed by atoms with Gasteiger partial charge in [-0.15, -0.1) is 11.3 Å². The van der Waals surface area contributed by atoms with Crippen LogP contribution in [-0.4, -0.2) is 39.9 Å². The molecule has 92 valence electrons. The van der Waals surface area contributed by atoms with Crippen molar-refractivity contribution < 1.29 is 18.3 Å². The molecular weight excluding hydrogens is 274 g/mol. The number of rotatable bonds is 7. The summed E-state index contributed by atoms with van der Waals surface area (Å²) in [5.74, 6) is 0. The lowest BCUT2D eigenvalue weighted by atomic mass is 10.7. The van der Waals surface area contributed by atoms with Gasteiger partial charge in [-0.25, -0.2) is 13.1 Å². The first-order valence-corrected chi connectivity index (χ1v) is 7.17. The molecule has 2 N–H and O–H groups in total. The van der Waals surface area contributed by atoms with E-state index in [9.17, 15) is 8.42 Å². The highest BCUT2D eigenvalue weighted by Crippen LogP contribution is 2.24. The van der Waals surface area contributed by atoms with Crippen molar-refractivity contribution in [2.45, 2.75) is 4.21 Å². The molecule has 0 unspecified atom stereocenters. The van der Waals surface area contributed by atoms with Gasteiger partial charge in [0.1, 0.15) is 4.21 Å². The van der Waals surface area contributed by atoms with Crippen LogP contribution in [0, 0.1) is 0 Å². The van der Waals surface area contributed by atoms with Gasteiger partial charge < -0.3 is 9.84 Å². The molecule has 0 aromatic carbocycles. The molecule has 0 atom stereocenters. The van der Waals surface area contributed by atoms with E-state index in [1.165, 1.54) is 12.1 Å². The van der Waals surface area contributed by atoms with Gasteiger partial charge in [0, 0.05) is 6.54 Å². The van der Waals surface area contributed by atoms with Crippen molar-refractivity contribution in [3.05, 3.63) is 16.5 Å². The van der Waals surface area contributed by atoms with Crippen molar-refractivity contribution in [1.29, 1.82) is 0 Å². The van der Waals surface area contributed by atoms with Crippen LogP contribution in [0.1, 0.15) is 0 Å². The third-order valence-corrected chi connectivity index (χ3v) is 4.77.